The van der Waals surface area contributed by atoms with E-state index >= 15 is 0 Å². The Hall–Kier alpha value is -1.19. The Morgan fingerprint density at radius 3 is 2.50 bits per heavy atom. The van der Waals surface area contributed by atoms with Crippen molar-refractivity contribution in [2.75, 3.05) is 6.26 Å². The van der Waals surface area contributed by atoms with E-state index in [4.69, 9.17) is 0 Å². The predicted molar refractivity (Wildman–Crippen MR) is 112 cm³/mol. The zero-order chi connectivity index (χ0) is 18.7. The lowest BCUT2D eigenvalue weighted by molar-refractivity contribution is 0.583. The number of nitrogens with one attached hydrogen (secondary N) is 1. The largest absolute Gasteiger partial charge is 0.250 e. The third-order valence-corrected chi connectivity index (χ3v) is 8.55. The number of nitrogens with zero attached hydrogens (tertiary/aromatic N) is 1. The molecule has 0 bridgehead atoms. The number of aromatic nitrogens is 1. The summed E-state index contributed by atoms with van der Waals surface area (Å²) in [4.78, 5) is 6.63. The summed E-state index contributed by atoms with van der Waals surface area (Å²) >= 11 is 4.46. The van der Waals surface area contributed by atoms with Gasteiger partial charge in [-0.3, -0.25) is 0 Å². The molecule has 26 heavy (non-hydrogen) atoms. The second-order valence-electron chi connectivity index (χ2n) is 6.02. The summed E-state index contributed by atoms with van der Waals surface area (Å²) in [5, 5.41) is 2.90. The normalized spacial score (nSPS) is 12.0. The molecule has 0 spiro atoms. The van der Waals surface area contributed by atoms with Crippen molar-refractivity contribution in [2.45, 2.75) is 35.4 Å². The van der Waals surface area contributed by atoms with Gasteiger partial charge in [-0.15, -0.1) is 34.4 Å². The molecule has 3 rings (SSSR count). The third-order valence-electron chi connectivity index (χ3n) is 3.80. The van der Waals surface area contributed by atoms with Crippen LogP contribution in [0.15, 0.2) is 50.9 Å². The summed E-state index contributed by atoms with van der Waals surface area (Å²) in [6.45, 7) is 4.47. The molecule has 0 aliphatic rings. The van der Waals surface area contributed by atoms with Gasteiger partial charge in [0.1, 0.15) is 9.22 Å². The molecule has 0 aliphatic carbocycles. The number of rotatable bonds is 7. The summed E-state index contributed by atoms with van der Waals surface area (Å²) in [5.74, 6) is 0.363. The van der Waals surface area contributed by atoms with Crippen molar-refractivity contribution in [1.29, 1.82) is 0 Å². The molecular formula is C18H20N2O2S4. The second-order valence-corrected chi connectivity index (χ2v) is 10.8. The topological polar surface area (TPSA) is 59.1 Å². The molecule has 0 saturated heterocycles. The van der Waals surface area contributed by atoms with Crippen molar-refractivity contribution in [3.8, 4) is 9.88 Å². The van der Waals surface area contributed by atoms with Gasteiger partial charge < -0.3 is 0 Å². The molecular weight excluding hydrogens is 404 g/mol. The minimum absolute atomic E-state index is 0.277. The fraction of sp³-hybridized carbons (Fsp3) is 0.278. The van der Waals surface area contributed by atoms with Crippen LogP contribution in [0.3, 0.4) is 0 Å². The highest BCUT2D eigenvalue weighted by Gasteiger charge is 2.18. The van der Waals surface area contributed by atoms with Gasteiger partial charge in [0.2, 0.25) is 10.0 Å². The van der Waals surface area contributed by atoms with Crippen LogP contribution in [0.1, 0.15) is 31.0 Å². The molecule has 3 aromatic rings. The van der Waals surface area contributed by atoms with Crippen LogP contribution in [-0.4, -0.2) is 19.7 Å². The Kier molecular flexibility index (Phi) is 6.19. The molecule has 0 unspecified atom stereocenters. The first-order valence-corrected chi connectivity index (χ1v) is 12.5. The first-order chi connectivity index (χ1) is 12.4. The molecule has 1 aromatic carbocycles. The van der Waals surface area contributed by atoms with Gasteiger partial charge in [0.25, 0.3) is 0 Å². The highest BCUT2D eigenvalue weighted by Crippen LogP contribution is 2.34. The van der Waals surface area contributed by atoms with Crippen molar-refractivity contribution >= 4 is 44.5 Å². The van der Waals surface area contributed by atoms with E-state index in [0.717, 1.165) is 26.0 Å². The number of thioether (sulfide) groups is 1. The molecule has 2 heterocycles. The zero-order valence-electron chi connectivity index (χ0n) is 14.7. The molecule has 8 heteroatoms. The molecule has 4 nitrogen and oxygen atoms in total. The van der Waals surface area contributed by atoms with Crippen LogP contribution in [0.5, 0.6) is 0 Å². The molecule has 1 N–H and O–H groups in total. The van der Waals surface area contributed by atoms with E-state index in [1.807, 2.05) is 42.0 Å². The van der Waals surface area contributed by atoms with Gasteiger partial charge in [-0.25, -0.2) is 18.1 Å². The summed E-state index contributed by atoms with van der Waals surface area (Å²) in [7, 11) is -3.53. The lowest BCUT2D eigenvalue weighted by atomic mass is 10.2. The summed E-state index contributed by atoms with van der Waals surface area (Å²) < 4.78 is 28.1. The molecule has 0 amide bonds. The lowest BCUT2D eigenvalue weighted by Gasteiger charge is -2.05. The average molecular weight is 425 g/mol. The zero-order valence-corrected chi connectivity index (χ0v) is 18.0. The fourth-order valence-corrected chi connectivity index (χ4v) is 6.07. The smallest absolute Gasteiger partial charge is 0.240 e. The maximum atomic E-state index is 12.6. The van der Waals surface area contributed by atoms with Crippen LogP contribution in [0.4, 0.5) is 0 Å². The van der Waals surface area contributed by atoms with Crippen LogP contribution in [0.2, 0.25) is 0 Å². The van der Waals surface area contributed by atoms with E-state index in [1.165, 1.54) is 11.3 Å². The Bertz CT molecular complexity index is 973. The molecule has 2 aromatic heterocycles. The number of sulfonamides is 1. The van der Waals surface area contributed by atoms with E-state index in [1.54, 1.807) is 29.2 Å². The Morgan fingerprint density at radius 2 is 1.88 bits per heavy atom. The second kappa shape index (κ2) is 8.22. The molecule has 138 valence electrons. The molecule has 0 aliphatic heterocycles. The highest BCUT2D eigenvalue weighted by atomic mass is 32.2. The first kappa shape index (κ1) is 19.6. The molecule has 0 atom stereocenters. The van der Waals surface area contributed by atoms with Crippen LogP contribution in [-0.2, 0) is 16.6 Å². The number of benzene rings is 1. The molecule has 0 radical (unpaired) electrons. The number of thiazole rings is 1. The maximum Gasteiger partial charge on any atom is 0.250 e. The van der Waals surface area contributed by atoms with Gasteiger partial charge in [0.15, 0.2) is 0 Å². The number of hydrogen-bond donors (Lipinski definition) is 1. The van der Waals surface area contributed by atoms with Gasteiger partial charge in [0, 0.05) is 16.8 Å². The van der Waals surface area contributed by atoms with Crippen molar-refractivity contribution < 1.29 is 8.42 Å². The quantitative estimate of drug-likeness (QED) is 0.530. The van der Waals surface area contributed by atoms with E-state index in [2.05, 4.69) is 23.6 Å². The minimum Gasteiger partial charge on any atom is -0.240 e. The summed E-state index contributed by atoms with van der Waals surface area (Å²) in [5.41, 5.74) is 1.97. The minimum atomic E-state index is -3.53. The van der Waals surface area contributed by atoms with Crippen LogP contribution < -0.4 is 4.72 Å². The van der Waals surface area contributed by atoms with E-state index in [-0.39, 0.29) is 6.54 Å². The fourth-order valence-electron chi connectivity index (χ4n) is 2.24. The standard InChI is InChI=1S/C18H20N2O2S4/c1-12(2)15-11-24-18(20-15)16-8-9-17(25-16)26(21,22)19-10-13-4-6-14(23-3)7-5-13/h4-9,11-12,19H,10H2,1-3H3. The first-order valence-electron chi connectivity index (χ1n) is 8.07. The van der Waals surface area contributed by atoms with Crippen LogP contribution in [0, 0.1) is 0 Å². The van der Waals surface area contributed by atoms with Crippen LogP contribution >= 0.6 is 34.4 Å². The van der Waals surface area contributed by atoms with Crippen LogP contribution in [0.25, 0.3) is 9.88 Å². The van der Waals surface area contributed by atoms with Crippen molar-refractivity contribution in [3.63, 3.8) is 0 Å². The lowest BCUT2D eigenvalue weighted by Crippen LogP contribution is -2.22. The van der Waals surface area contributed by atoms with Crippen molar-refractivity contribution in [3.05, 3.63) is 53.0 Å². The average Bonchev–Trinajstić information content (AvgIpc) is 3.29. The summed E-state index contributed by atoms with van der Waals surface area (Å²) in [6, 6.07) is 11.3. The Balaban J connectivity index is 1.71. The van der Waals surface area contributed by atoms with Gasteiger partial charge in [-0.1, -0.05) is 26.0 Å². The number of thiophene rings is 1. The Morgan fingerprint density at radius 1 is 1.15 bits per heavy atom. The molecule has 0 saturated carbocycles. The van der Waals surface area contributed by atoms with Crippen molar-refractivity contribution in [2.24, 2.45) is 0 Å². The van der Waals surface area contributed by atoms with Gasteiger partial charge >= 0.3 is 0 Å². The van der Waals surface area contributed by atoms with Gasteiger partial charge in [-0.2, -0.15) is 0 Å². The van der Waals surface area contributed by atoms with E-state index < -0.39 is 10.0 Å². The molecule has 0 fully saturated rings. The van der Waals surface area contributed by atoms with E-state index in [0.29, 0.717) is 10.1 Å². The predicted octanol–water partition coefficient (Wildman–Crippen LogP) is 5.20. The SMILES string of the molecule is CSc1ccc(CNS(=O)(=O)c2ccc(-c3nc(C(C)C)cs3)s2)cc1. The Labute approximate surface area is 166 Å². The monoisotopic (exact) mass is 424 g/mol. The number of hydrogen-bond acceptors (Lipinski definition) is 6. The third kappa shape index (κ3) is 4.55. The van der Waals surface area contributed by atoms with Crippen molar-refractivity contribution in [1.82, 2.24) is 9.71 Å². The highest BCUT2D eigenvalue weighted by molar-refractivity contribution is 7.98. The van der Waals surface area contributed by atoms with Gasteiger partial charge in [0.05, 0.1) is 10.6 Å². The summed E-state index contributed by atoms with van der Waals surface area (Å²) in [6.07, 6.45) is 2.01. The maximum absolute atomic E-state index is 12.6. The van der Waals surface area contributed by atoms with Gasteiger partial charge in [-0.05, 0) is 42.0 Å². The van der Waals surface area contributed by atoms with E-state index in [9.17, 15) is 8.42 Å².